The smallest absolute Gasteiger partial charge is 0.372 e. The summed E-state index contributed by atoms with van der Waals surface area (Å²) in [6, 6.07) is 0. The van der Waals surface area contributed by atoms with Gasteiger partial charge < -0.3 is 15.4 Å². The molecule has 144 valence electrons. The molecule has 0 radical (unpaired) electrons. The van der Waals surface area contributed by atoms with Crippen molar-refractivity contribution in [3.8, 4) is 0 Å². The lowest BCUT2D eigenvalue weighted by atomic mass is 10.4. The predicted molar refractivity (Wildman–Crippen MR) is 81.4 cm³/mol. The van der Waals surface area contributed by atoms with Crippen LogP contribution >= 0.6 is 11.3 Å². The van der Waals surface area contributed by atoms with Gasteiger partial charge in [0.15, 0.2) is 11.7 Å². The van der Waals surface area contributed by atoms with Gasteiger partial charge in [0.25, 0.3) is 0 Å². The SMILES string of the molecule is CCNC(=NCc1nc(C(F)(F)F)cs1)NCCCOCC(F)(F)F. The van der Waals surface area contributed by atoms with E-state index in [0.29, 0.717) is 25.5 Å². The Morgan fingerprint density at radius 2 is 1.96 bits per heavy atom. The molecule has 1 aromatic heterocycles. The largest absolute Gasteiger partial charge is 0.434 e. The standard InChI is InChI=1S/C13H18F6N4OS/c1-2-20-11(21-4-3-5-24-8-12(14,15)16)22-6-10-23-9(7-25-10)13(17,18)19/h7H,2-6,8H2,1H3,(H2,20,21,22). The molecule has 0 amide bonds. The second kappa shape index (κ2) is 9.80. The summed E-state index contributed by atoms with van der Waals surface area (Å²) >= 11 is 0.853. The summed E-state index contributed by atoms with van der Waals surface area (Å²) in [7, 11) is 0. The number of ether oxygens (including phenoxy) is 1. The molecule has 1 aromatic rings. The molecule has 0 aliphatic rings. The highest BCUT2D eigenvalue weighted by molar-refractivity contribution is 7.09. The van der Waals surface area contributed by atoms with Crippen molar-refractivity contribution in [3.63, 3.8) is 0 Å². The fourth-order valence-corrected chi connectivity index (χ4v) is 2.30. The number of nitrogens with zero attached hydrogens (tertiary/aromatic N) is 2. The lowest BCUT2D eigenvalue weighted by molar-refractivity contribution is -0.173. The first kappa shape index (κ1) is 21.5. The lowest BCUT2D eigenvalue weighted by Crippen LogP contribution is -2.38. The third-order valence-electron chi connectivity index (χ3n) is 2.58. The van der Waals surface area contributed by atoms with Gasteiger partial charge in [0.2, 0.25) is 0 Å². The Hall–Kier alpha value is -1.56. The molecular weight excluding hydrogens is 374 g/mol. The molecule has 0 fully saturated rings. The molecular formula is C13H18F6N4OS. The van der Waals surface area contributed by atoms with Gasteiger partial charge in [-0.05, 0) is 13.3 Å². The van der Waals surface area contributed by atoms with Crippen molar-refractivity contribution in [2.45, 2.75) is 32.2 Å². The molecule has 1 rings (SSSR count). The van der Waals surface area contributed by atoms with Gasteiger partial charge in [-0.1, -0.05) is 0 Å². The van der Waals surface area contributed by atoms with E-state index in [2.05, 4.69) is 25.3 Å². The molecule has 0 saturated carbocycles. The van der Waals surface area contributed by atoms with Crippen LogP contribution in [0.25, 0.3) is 0 Å². The number of rotatable bonds is 8. The first-order valence-corrected chi connectivity index (χ1v) is 8.18. The fourth-order valence-electron chi connectivity index (χ4n) is 1.57. The highest BCUT2D eigenvalue weighted by atomic mass is 32.1. The minimum absolute atomic E-state index is 0.0410. The van der Waals surface area contributed by atoms with Crippen molar-refractivity contribution in [1.82, 2.24) is 15.6 Å². The number of halogens is 6. The summed E-state index contributed by atoms with van der Waals surface area (Å²) < 4.78 is 77.5. The summed E-state index contributed by atoms with van der Waals surface area (Å²) in [5.41, 5.74) is -0.956. The topological polar surface area (TPSA) is 58.5 Å². The van der Waals surface area contributed by atoms with Gasteiger partial charge in [0.1, 0.15) is 11.6 Å². The van der Waals surface area contributed by atoms with Crippen molar-refractivity contribution in [2.75, 3.05) is 26.3 Å². The van der Waals surface area contributed by atoms with Gasteiger partial charge in [-0.25, -0.2) is 9.98 Å². The van der Waals surface area contributed by atoms with Crippen LogP contribution in [0.2, 0.25) is 0 Å². The van der Waals surface area contributed by atoms with Crippen LogP contribution in [0.5, 0.6) is 0 Å². The van der Waals surface area contributed by atoms with Crippen LogP contribution < -0.4 is 10.6 Å². The average molecular weight is 392 g/mol. The highest BCUT2D eigenvalue weighted by Gasteiger charge is 2.33. The van der Waals surface area contributed by atoms with E-state index in [-0.39, 0.29) is 18.2 Å². The average Bonchev–Trinajstić information content (AvgIpc) is 2.96. The van der Waals surface area contributed by atoms with E-state index in [9.17, 15) is 26.3 Å². The van der Waals surface area contributed by atoms with Gasteiger partial charge in [-0.2, -0.15) is 26.3 Å². The van der Waals surface area contributed by atoms with Crippen LogP contribution in [0.15, 0.2) is 10.4 Å². The summed E-state index contributed by atoms with van der Waals surface area (Å²) in [5, 5.41) is 6.86. The van der Waals surface area contributed by atoms with Crippen molar-refractivity contribution < 1.29 is 31.1 Å². The molecule has 1 heterocycles. The maximum Gasteiger partial charge on any atom is 0.434 e. The third-order valence-corrected chi connectivity index (χ3v) is 3.42. The lowest BCUT2D eigenvalue weighted by Gasteiger charge is -2.11. The maximum atomic E-state index is 12.5. The van der Waals surface area contributed by atoms with Gasteiger partial charge in [0, 0.05) is 25.1 Å². The normalized spacial score (nSPS) is 13.2. The third kappa shape index (κ3) is 9.48. The quantitative estimate of drug-likeness (QED) is 0.309. The van der Waals surface area contributed by atoms with Crippen LogP contribution in [-0.4, -0.2) is 43.4 Å². The second-order valence-corrected chi connectivity index (χ2v) is 5.71. The zero-order valence-electron chi connectivity index (χ0n) is 13.3. The Labute approximate surface area is 144 Å². The minimum atomic E-state index is -4.49. The Morgan fingerprint density at radius 3 is 2.52 bits per heavy atom. The van der Waals surface area contributed by atoms with E-state index in [0.717, 1.165) is 16.7 Å². The van der Waals surface area contributed by atoms with E-state index in [4.69, 9.17) is 0 Å². The number of thiazole rings is 1. The fraction of sp³-hybridized carbons (Fsp3) is 0.692. The summed E-state index contributed by atoms with van der Waals surface area (Å²) in [5.74, 6) is 0.335. The van der Waals surface area contributed by atoms with Gasteiger partial charge in [-0.3, -0.25) is 0 Å². The Morgan fingerprint density at radius 1 is 1.24 bits per heavy atom. The molecule has 2 N–H and O–H groups in total. The minimum Gasteiger partial charge on any atom is -0.372 e. The first-order chi connectivity index (χ1) is 11.6. The zero-order valence-corrected chi connectivity index (χ0v) is 14.1. The molecule has 0 aliphatic heterocycles. The van der Waals surface area contributed by atoms with Crippen molar-refractivity contribution in [2.24, 2.45) is 4.99 Å². The Kier molecular flexibility index (Phi) is 8.42. The first-order valence-electron chi connectivity index (χ1n) is 7.30. The highest BCUT2D eigenvalue weighted by Crippen LogP contribution is 2.30. The van der Waals surface area contributed by atoms with Crippen LogP contribution in [0.3, 0.4) is 0 Å². The number of alkyl halides is 6. The van der Waals surface area contributed by atoms with Gasteiger partial charge in [0.05, 0.1) is 6.54 Å². The number of hydrogen-bond acceptors (Lipinski definition) is 4. The molecule has 0 unspecified atom stereocenters. The molecule has 25 heavy (non-hydrogen) atoms. The summed E-state index contributed by atoms with van der Waals surface area (Å²) in [6.45, 7) is 1.20. The summed E-state index contributed by atoms with van der Waals surface area (Å²) in [6.07, 6.45) is -8.53. The number of aliphatic imine (C=N–C) groups is 1. The number of aromatic nitrogens is 1. The van der Waals surface area contributed by atoms with E-state index in [1.807, 2.05) is 0 Å². The van der Waals surface area contributed by atoms with Crippen LogP contribution in [-0.2, 0) is 17.5 Å². The van der Waals surface area contributed by atoms with Crippen molar-refractivity contribution in [3.05, 3.63) is 16.1 Å². The van der Waals surface area contributed by atoms with Crippen LogP contribution in [0, 0.1) is 0 Å². The van der Waals surface area contributed by atoms with Crippen molar-refractivity contribution in [1.29, 1.82) is 0 Å². The van der Waals surface area contributed by atoms with Crippen LogP contribution in [0.4, 0.5) is 26.3 Å². The van der Waals surface area contributed by atoms with E-state index in [1.54, 1.807) is 6.92 Å². The monoisotopic (exact) mass is 392 g/mol. The molecule has 0 saturated heterocycles. The zero-order chi connectivity index (χ0) is 18.9. The van der Waals surface area contributed by atoms with Gasteiger partial charge in [-0.15, -0.1) is 11.3 Å². The molecule has 0 bridgehead atoms. The molecule has 0 aromatic carbocycles. The molecule has 0 aliphatic carbocycles. The Bertz CT molecular complexity index is 543. The summed E-state index contributed by atoms with van der Waals surface area (Å²) in [4.78, 5) is 7.55. The second-order valence-electron chi connectivity index (χ2n) is 4.77. The van der Waals surface area contributed by atoms with E-state index >= 15 is 0 Å². The van der Waals surface area contributed by atoms with Crippen LogP contribution in [0.1, 0.15) is 24.0 Å². The predicted octanol–water partition coefficient (Wildman–Crippen LogP) is 3.19. The molecule has 12 heteroatoms. The molecule has 0 spiro atoms. The Balaban J connectivity index is 2.40. The molecule has 5 nitrogen and oxygen atoms in total. The van der Waals surface area contributed by atoms with Gasteiger partial charge >= 0.3 is 12.4 Å². The number of nitrogens with one attached hydrogen (secondary N) is 2. The number of guanidine groups is 1. The van der Waals surface area contributed by atoms with Crippen molar-refractivity contribution >= 4 is 17.3 Å². The number of hydrogen-bond donors (Lipinski definition) is 2. The molecule has 0 atom stereocenters. The van der Waals surface area contributed by atoms with E-state index in [1.165, 1.54) is 0 Å². The maximum absolute atomic E-state index is 12.5. The van der Waals surface area contributed by atoms with E-state index < -0.39 is 24.7 Å².